The summed E-state index contributed by atoms with van der Waals surface area (Å²) in [7, 11) is 1.27. The van der Waals surface area contributed by atoms with Crippen LogP contribution in [0.5, 0.6) is 0 Å². The molecule has 0 aliphatic heterocycles. The molecule has 0 fully saturated rings. The minimum Gasteiger partial charge on any atom is -0.464 e. The van der Waals surface area contributed by atoms with Crippen LogP contribution in [-0.2, 0) is 9.53 Å². The molecule has 84 valence electrons. The van der Waals surface area contributed by atoms with Crippen molar-refractivity contribution in [3.05, 3.63) is 42.1 Å². The zero-order chi connectivity index (χ0) is 12.0. The number of ether oxygens (including phenoxy) is 1. The molecule has 4 N–H and O–H groups in total. The molecule has 0 atom stereocenters. The number of esters is 1. The second-order valence-corrected chi connectivity index (χ2v) is 3.00. The van der Waals surface area contributed by atoms with E-state index in [1.807, 2.05) is 18.2 Å². The molecule has 0 radical (unpaired) electrons. The Morgan fingerprint density at radius 3 is 2.56 bits per heavy atom. The minimum atomic E-state index is -0.570. The molecule has 0 heterocycles. The number of hydrogen-bond donors (Lipinski definition) is 3. The predicted octanol–water partition coefficient (Wildman–Crippen LogP) is 1.09. The van der Waals surface area contributed by atoms with Crippen molar-refractivity contribution in [2.75, 3.05) is 12.4 Å². The van der Waals surface area contributed by atoms with E-state index in [2.05, 4.69) is 10.1 Å². The van der Waals surface area contributed by atoms with Crippen LogP contribution in [0.2, 0.25) is 0 Å². The molecule has 1 aromatic carbocycles. The van der Waals surface area contributed by atoms with Crippen LogP contribution in [0.25, 0.3) is 0 Å². The minimum absolute atomic E-state index is 0.126. The van der Waals surface area contributed by atoms with Gasteiger partial charge in [-0.05, 0) is 12.1 Å². The van der Waals surface area contributed by atoms with Crippen LogP contribution in [-0.4, -0.2) is 18.9 Å². The standard InChI is InChI=1S/C11H13N3O2/c1-16-11(15)9(7-10(12)13)14-8-5-3-2-4-6-8/h2-7,14H,1H3,(H3,12,13)/b9-7-. The fraction of sp³-hybridized carbons (Fsp3) is 0.0909. The predicted molar refractivity (Wildman–Crippen MR) is 62.1 cm³/mol. The Hall–Kier alpha value is -2.30. The van der Waals surface area contributed by atoms with Crippen molar-refractivity contribution in [2.24, 2.45) is 5.73 Å². The highest BCUT2D eigenvalue weighted by Gasteiger charge is 2.09. The third-order valence-corrected chi connectivity index (χ3v) is 1.76. The maximum absolute atomic E-state index is 11.3. The molecule has 0 aliphatic carbocycles. The molecular weight excluding hydrogens is 206 g/mol. The second kappa shape index (κ2) is 5.55. The third kappa shape index (κ3) is 3.45. The Morgan fingerprint density at radius 1 is 1.44 bits per heavy atom. The van der Waals surface area contributed by atoms with Gasteiger partial charge in [-0.25, -0.2) is 4.79 Å². The lowest BCUT2D eigenvalue weighted by molar-refractivity contribution is -0.135. The zero-order valence-corrected chi connectivity index (χ0v) is 8.86. The van der Waals surface area contributed by atoms with Crippen molar-refractivity contribution < 1.29 is 9.53 Å². The summed E-state index contributed by atoms with van der Waals surface area (Å²) in [5, 5.41) is 9.94. The first-order chi connectivity index (χ1) is 7.63. The summed E-state index contributed by atoms with van der Waals surface area (Å²) < 4.78 is 4.56. The maximum Gasteiger partial charge on any atom is 0.354 e. The molecule has 1 aromatic rings. The number of rotatable bonds is 4. The van der Waals surface area contributed by atoms with Crippen molar-refractivity contribution in [3.63, 3.8) is 0 Å². The van der Waals surface area contributed by atoms with Gasteiger partial charge < -0.3 is 15.8 Å². The Bertz CT molecular complexity index is 412. The van der Waals surface area contributed by atoms with Gasteiger partial charge in [-0.15, -0.1) is 0 Å². The van der Waals surface area contributed by atoms with E-state index in [1.54, 1.807) is 12.1 Å². The average molecular weight is 219 g/mol. The van der Waals surface area contributed by atoms with Crippen molar-refractivity contribution in [1.82, 2.24) is 0 Å². The van der Waals surface area contributed by atoms with Crippen LogP contribution in [0.3, 0.4) is 0 Å². The van der Waals surface area contributed by atoms with Gasteiger partial charge in [0.1, 0.15) is 11.5 Å². The molecule has 0 bridgehead atoms. The quantitative estimate of drug-likeness (QED) is 0.306. The van der Waals surface area contributed by atoms with Gasteiger partial charge in [0.15, 0.2) is 0 Å². The number of anilines is 1. The largest absolute Gasteiger partial charge is 0.464 e. The summed E-state index contributed by atoms with van der Waals surface area (Å²) in [5.41, 5.74) is 6.05. The van der Waals surface area contributed by atoms with E-state index in [-0.39, 0.29) is 11.5 Å². The van der Waals surface area contributed by atoms with Crippen LogP contribution in [0, 0.1) is 5.41 Å². The first-order valence-electron chi connectivity index (χ1n) is 4.59. The highest BCUT2D eigenvalue weighted by molar-refractivity contribution is 6.00. The number of hydrogen-bond acceptors (Lipinski definition) is 4. The van der Waals surface area contributed by atoms with Gasteiger partial charge >= 0.3 is 5.97 Å². The van der Waals surface area contributed by atoms with Gasteiger partial charge in [0.2, 0.25) is 0 Å². The average Bonchev–Trinajstić information content (AvgIpc) is 2.28. The summed E-state index contributed by atoms with van der Waals surface area (Å²) in [4.78, 5) is 11.3. The van der Waals surface area contributed by atoms with E-state index in [9.17, 15) is 4.79 Å². The fourth-order valence-corrected chi connectivity index (χ4v) is 1.09. The number of carbonyl (C=O) groups excluding carboxylic acids is 1. The first-order valence-corrected chi connectivity index (χ1v) is 4.59. The maximum atomic E-state index is 11.3. The van der Waals surface area contributed by atoms with Crippen LogP contribution in [0.1, 0.15) is 0 Å². The molecule has 0 saturated carbocycles. The highest BCUT2D eigenvalue weighted by Crippen LogP contribution is 2.09. The van der Waals surface area contributed by atoms with Crippen molar-refractivity contribution in [2.45, 2.75) is 0 Å². The summed E-state index contributed by atoms with van der Waals surface area (Å²) in [6.07, 6.45) is 1.21. The van der Waals surface area contributed by atoms with Crippen molar-refractivity contribution in [1.29, 1.82) is 5.41 Å². The lowest BCUT2D eigenvalue weighted by Gasteiger charge is -2.08. The van der Waals surface area contributed by atoms with Crippen LogP contribution in [0.15, 0.2) is 42.1 Å². The molecule has 0 spiro atoms. The molecule has 5 nitrogen and oxygen atoms in total. The number of benzene rings is 1. The molecule has 0 saturated heterocycles. The van der Waals surface area contributed by atoms with E-state index >= 15 is 0 Å². The normalized spacial score (nSPS) is 10.7. The Kier molecular flexibility index (Phi) is 4.08. The lowest BCUT2D eigenvalue weighted by atomic mass is 10.3. The van der Waals surface area contributed by atoms with E-state index in [1.165, 1.54) is 13.2 Å². The first kappa shape index (κ1) is 11.8. The van der Waals surface area contributed by atoms with Crippen molar-refractivity contribution >= 4 is 17.5 Å². The SMILES string of the molecule is COC(=O)/C(=C/C(=N)N)Nc1ccccc1. The van der Waals surface area contributed by atoms with E-state index < -0.39 is 5.97 Å². The topological polar surface area (TPSA) is 88.2 Å². The van der Waals surface area contributed by atoms with Crippen molar-refractivity contribution in [3.8, 4) is 0 Å². The summed E-state index contributed by atoms with van der Waals surface area (Å²) in [6.45, 7) is 0. The van der Waals surface area contributed by atoms with Gasteiger partial charge in [-0.3, -0.25) is 5.41 Å². The molecule has 0 aromatic heterocycles. The summed E-state index contributed by atoms with van der Waals surface area (Å²) in [6, 6.07) is 9.08. The molecular formula is C11H13N3O2. The molecule has 0 amide bonds. The van der Waals surface area contributed by atoms with E-state index in [4.69, 9.17) is 11.1 Å². The number of nitrogens with one attached hydrogen (secondary N) is 2. The fourth-order valence-electron chi connectivity index (χ4n) is 1.09. The molecule has 16 heavy (non-hydrogen) atoms. The van der Waals surface area contributed by atoms with E-state index in [0.717, 1.165) is 5.69 Å². The monoisotopic (exact) mass is 219 g/mol. The van der Waals surface area contributed by atoms with Gasteiger partial charge in [0.05, 0.1) is 7.11 Å². The number of para-hydroxylation sites is 1. The second-order valence-electron chi connectivity index (χ2n) is 3.00. The van der Waals surface area contributed by atoms with Crippen LogP contribution in [0.4, 0.5) is 5.69 Å². The van der Waals surface area contributed by atoms with Crippen LogP contribution >= 0.6 is 0 Å². The third-order valence-electron chi connectivity index (χ3n) is 1.76. The number of amidine groups is 1. The molecule has 1 rings (SSSR count). The Morgan fingerprint density at radius 2 is 2.06 bits per heavy atom. The summed E-state index contributed by atoms with van der Waals surface area (Å²) in [5.74, 6) is -0.789. The van der Waals surface area contributed by atoms with Gasteiger partial charge in [0.25, 0.3) is 0 Å². The molecule has 5 heteroatoms. The molecule has 0 unspecified atom stereocenters. The van der Waals surface area contributed by atoms with Gasteiger partial charge in [-0.1, -0.05) is 18.2 Å². The summed E-state index contributed by atoms with van der Waals surface area (Å²) >= 11 is 0. The smallest absolute Gasteiger partial charge is 0.354 e. The Labute approximate surface area is 93.4 Å². The van der Waals surface area contributed by atoms with Crippen LogP contribution < -0.4 is 11.1 Å². The molecule has 0 aliphatic rings. The van der Waals surface area contributed by atoms with Gasteiger partial charge in [0, 0.05) is 11.8 Å². The number of methoxy groups -OCH3 is 1. The number of carbonyl (C=O) groups is 1. The lowest BCUT2D eigenvalue weighted by Crippen LogP contribution is -2.17. The van der Waals surface area contributed by atoms with Gasteiger partial charge in [-0.2, -0.15) is 0 Å². The number of nitrogens with two attached hydrogens (primary N) is 1. The van der Waals surface area contributed by atoms with E-state index in [0.29, 0.717) is 0 Å². The zero-order valence-electron chi connectivity index (χ0n) is 8.86. The Balaban J connectivity index is 2.88. The highest BCUT2D eigenvalue weighted by atomic mass is 16.5.